The van der Waals surface area contributed by atoms with Crippen LogP contribution in [0.15, 0.2) is 24.3 Å². The van der Waals surface area contributed by atoms with Crippen molar-refractivity contribution < 1.29 is 14.3 Å². The van der Waals surface area contributed by atoms with Crippen LogP contribution < -0.4 is 5.32 Å². The number of anilines is 1. The summed E-state index contributed by atoms with van der Waals surface area (Å²) >= 11 is 0. The largest absolute Gasteiger partial charge is 0.443 e. The van der Waals surface area contributed by atoms with Crippen molar-refractivity contribution in [2.75, 3.05) is 5.32 Å². The molecule has 1 fully saturated rings. The second-order valence-electron chi connectivity index (χ2n) is 6.09. The number of ether oxygens (including phenoxy) is 1. The van der Waals surface area contributed by atoms with Gasteiger partial charge in [-0.05, 0) is 36.6 Å². The Morgan fingerprint density at radius 2 is 1.91 bits per heavy atom. The predicted octanol–water partition coefficient (Wildman–Crippen LogP) is 2.99. The number of amides is 1. The lowest BCUT2D eigenvalue weighted by Crippen LogP contribution is -2.22. The van der Waals surface area contributed by atoms with Crippen molar-refractivity contribution in [2.45, 2.75) is 33.3 Å². The van der Waals surface area contributed by atoms with E-state index in [0.29, 0.717) is 17.2 Å². The number of nitrogens with one attached hydrogen (secondary N) is 1. The van der Waals surface area contributed by atoms with E-state index in [2.05, 4.69) is 5.32 Å². The quantitative estimate of drug-likeness (QED) is 0.848. The summed E-state index contributed by atoms with van der Waals surface area (Å²) in [5.41, 5.74) is 1.01. The first kappa shape index (κ1) is 16.0. The van der Waals surface area contributed by atoms with Gasteiger partial charge in [0.15, 0.2) is 6.10 Å². The Kier molecular flexibility index (Phi) is 4.81. The minimum atomic E-state index is -0.761. The minimum Gasteiger partial charge on any atom is -0.443 e. The molecule has 3 atom stereocenters. The molecule has 1 aromatic rings. The van der Waals surface area contributed by atoms with Crippen LogP contribution in [0.5, 0.6) is 0 Å². The van der Waals surface area contributed by atoms with E-state index >= 15 is 0 Å². The van der Waals surface area contributed by atoms with Crippen molar-refractivity contribution in [1.82, 2.24) is 0 Å². The normalized spacial score (nSPS) is 20.9. The van der Waals surface area contributed by atoms with Crippen molar-refractivity contribution in [3.8, 4) is 6.07 Å². The molecule has 1 N–H and O–H groups in total. The van der Waals surface area contributed by atoms with Crippen molar-refractivity contribution in [1.29, 1.82) is 5.26 Å². The molecule has 1 amide bonds. The minimum absolute atomic E-state index is 0.0205. The first-order chi connectivity index (χ1) is 10.4. The van der Waals surface area contributed by atoms with Crippen LogP contribution in [-0.4, -0.2) is 18.0 Å². The summed E-state index contributed by atoms with van der Waals surface area (Å²) in [7, 11) is 0. The number of esters is 1. The van der Waals surface area contributed by atoms with Crippen LogP contribution in [0.1, 0.15) is 37.6 Å². The first-order valence-corrected chi connectivity index (χ1v) is 7.44. The Labute approximate surface area is 130 Å². The zero-order chi connectivity index (χ0) is 16.3. The maximum Gasteiger partial charge on any atom is 0.339 e. The fraction of sp³-hybridized carbons (Fsp3) is 0.471. The van der Waals surface area contributed by atoms with Crippen LogP contribution in [0.4, 0.5) is 5.69 Å². The molecule has 5 heteroatoms. The van der Waals surface area contributed by atoms with Crippen LogP contribution >= 0.6 is 0 Å². The van der Waals surface area contributed by atoms with Crippen LogP contribution in [-0.2, 0) is 9.53 Å². The number of hydrogen-bond donors (Lipinski definition) is 1. The predicted molar refractivity (Wildman–Crippen MR) is 82.0 cm³/mol. The number of benzene rings is 1. The summed E-state index contributed by atoms with van der Waals surface area (Å²) in [5, 5.41) is 11.8. The average molecular weight is 300 g/mol. The molecule has 116 valence electrons. The fourth-order valence-corrected chi connectivity index (χ4v) is 2.11. The van der Waals surface area contributed by atoms with Gasteiger partial charge in [0.25, 0.3) is 0 Å². The van der Waals surface area contributed by atoms with E-state index in [1.807, 2.05) is 26.8 Å². The van der Waals surface area contributed by atoms with Crippen LogP contribution in [0.2, 0.25) is 0 Å². The summed E-state index contributed by atoms with van der Waals surface area (Å²) in [5.74, 6) is -0.0190. The van der Waals surface area contributed by atoms with E-state index in [9.17, 15) is 9.59 Å². The number of rotatable bonds is 5. The average Bonchev–Trinajstić information content (AvgIpc) is 3.22. The molecule has 0 heterocycles. The molecule has 1 aliphatic carbocycles. The second-order valence-corrected chi connectivity index (χ2v) is 6.09. The first-order valence-electron chi connectivity index (χ1n) is 7.44. The standard InChI is InChI=1S/C17H20N2O3/c1-10(2)15(9-18)22-17(21)12-4-6-13(7-5-12)19-16(20)14-8-11(14)3/h4-7,10-11,14-15H,8H2,1-3H3,(H,19,20)/t11-,14+,15+/m1/s1. The van der Waals surface area contributed by atoms with E-state index in [4.69, 9.17) is 10.00 Å². The Morgan fingerprint density at radius 3 is 2.36 bits per heavy atom. The summed E-state index contributed by atoms with van der Waals surface area (Å²) < 4.78 is 5.14. The Bertz CT molecular complexity index is 601. The van der Waals surface area contributed by atoms with Gasteiger partial charge in [-0.3, -0.25) is 4.79 Å². The summed E-state index contributed by atoms with van der Waals surface area (Å²) in [4.78, 5) is 23.8. The molecule has 0 spiro atoms. The van der Waals surface area contributed by atoms with Crippen molar-refractivity contribution in [3.05, 3.63) is 29.8 Å². The topological polar surface area (TPSA) is 79.2 Å². The van der Waals surface area contributed by atoms with Crippen LogP contribution in [0.3, 0.4) is 0 Å². The number of carbonyl (C=O) groups excluding carboxylic acids is 2. The summed E-state index contributed by atoms with van der Waals surface area (Å²) in [6.07, 6.45) is 0.171. The fourth-order valence-electron chi connectivity index (χ4n) is 2.11. The van der Waals surface area contributed by atoms with Gasteiger partial charge in [-0.15, -0.1) is 0 Å². The Hall–Kier alpha value is -2.35. The highest BCUT2D eigenvalue weighted by Gasteiger charge is 2.39. The number of nitriles is 1. The highest BCUT2D eigenvalue weighted by atomic mass is 16.5. The highest BCUT2D eigenvalue weighted by molar-refractivity contribution is 5.95. The molecule has 0 aromatic heterocycles. The number of nitrogens with zero attached hydrogens (tertiary/aromatic N) is 1. The monoisotopic (exact) mass is 300 g/mol. The lowest BCUT2D eigenvalue weighted by molar-refractivity contribution is -0.117. The van der Waals surface area contributed by atoms with Gasteiger partial charge in [0.2, 0.25) is 5.91 Å². The maximum absolute atomic E-state index is 12.0. The molecule has 0 aliphatic heterocycles. The third-order valence-corrected chi connectivity index (χ3v) is 3.80. The van der Waals surface area contributed by atoms with Gasteiger partial charge in [0.05, 0.1) is 5.56 Å². The molecule has 2 rings (SSSR count). The molecule has 0 radical (unpaired) electrons. The van der Waals surface area contributed by atoms with Gasteiger partial charge in [0.1, 0.15) is 6.07 Å². The lowest BCUT2D eigenvalue weighted by atomic mass is 10.1. The van der Waals surface area contributed by atoms with Crippen molar-refractivity contribution >= 4 is 17.6 Å². The lowest BCUT2D eigenvalue weighted by Gasteiger charge is -2.14. The van der Waals surface area contributed by atoms with Gasteiger partial charge in [-0.25, -0.2) is 4.79 Å². The van der Waals surface area contributed by atoms with Crippen molar-refractivity contribution in [2.24, 2.45) is 17.8 Å². The van der Waals surface area contributed by atoms with Gasteiger partial charge >= 0.3 is 5.97 Å². The number of hydrogen-bond acceptors (Lipinski definition) is 4. The van der Waals surface area contributed by atoms with E-state index in [1.165, 1.54) is 0 Å². The van der Waals surface area contributed by atoms with E-state index in [0.717, 1.165) is 6.42 Å². The number of carbonyl (C=O) groups is 2. The summed E-state index contributed by atoms with van der Waals surface area (Å²) in [6, 6.07) is 8.47. The molecule has 0 bridgehead atoms. The maximum atomic E-state index is 12.0. The van der Waals surface area contributed by atoms with E-state index in [1.54, 1.807) is 24.3 Å². The highest BCUT2D eigenvalue weighted by Crippen LogP contribution is 2.38. The van der Waals surface area contributed by atoms with Gasteiger partial charge in [-0.2, -0.15) is 5.26 Å². The van der Waals surface area contributed by atoms with Crippen molar-refractivity contribution in [3.63, 3.8) is 0 Å². The van der Waals surface area contributed by atoms with Gasteiger partial charge in [0, 0.05) is 17.5 Å². The van der Waals surface area contributed by atoms with Gasteiger partial charge in [-0.1, -0.05) is 20.8 Å². The molecule has 1 saturated carbocycles. The zero-order valence-corrected chi connectivity index (χ0v) is 13.0. The summed E-state index contributed by atoms with van der Waals surface area (Å²) in [6.45, 7) is 5.68. The Balaban J connectivity index is 1.95. The zero-order valence-electron chi connectivity index (χ0n) is 13.0. The molecule has 1 aromatic carbocycles. The molecule has 0 saturated heterocycles. The molecule has 5 nitrogen and oxygen atoms in total. The Morgan fingerprint density at radius 1 is 1.32 bits per heavy atom. The van der Waals surface area contributed by atoms with E-state index in [-0.39, 0.29) is 17.7 Å². The second kappa shape index (κ2) is 6.61. The molecular formula is C17H20N2O3. The third-order valence-electron chi connectivity index (χ3n) is 3.80. The third kappa shape index (κ3) is 3.85. The SMILES string of the molecule is CC(C)[C@H](C#N)OC(=O)c1ccc(NC(=O)[C@H]2C[C@H]2C)cc1. The van der Waals surface area contributed by atoms with Gasteiger partial charge < -0.3 is 10.1 Å². The molecule has 0 unspecified atom stereocenters. The molecular weight excluding hydrogens is 280 g/mol. The molecule has 22 heavy (non-hydrogen) atoms. The van der Waals surface area contributed by atoms with Crippen LogP contribution in [0.25, 0.3) is 0 Å². The van der Waals surface area contributed by atoms with E-state index < -0.39 is 12.1 Å². The van der Waals surface area contributed by atoms with Crippen LogP contribution in [0, 0.1) is 29.1 Å². The smallest absolute Gasteiger partial charge is 0.339 e. The molecule has 1 aliphatic rings.